The molecule has 2 N–H and O–H groups in total. The quantitative estimate of drug-likeness (QED) is 0.724. The molecule has 6 nitrogen and oxygen atoms in total. The van der Waals surface area contributed by atoms with E-state index in [-0.39, 0.29) is 0 Å². The largest absolute Gasteiger partial charge is 0.382 e. The summed E-state index contributed by atoms with van der Waals surface area (Å²) in [4.78, 5) is 1.53. The Morgan fingerprint density at radius 2 is 2.21 bits per heavy atom. The molecule has 0 spiro atoms. The van der Waals surface area contributed by atoms with E-state index in [1.165, 1.54) is 4.80 Å². The molecule has 0 amide bonds. The number of anilines is 1. The lowest BCUT2D eigenvalue weighted by Gasteiger charge is -1.99. The molecule has 6 heteroatoms. The van der Waals surface area contributed by atoms with Gasteiger partial charge in [-0.1, -0.05) is 0 Å². The molecule has 0 aliphatic rings. The van der Waals surface area contributed by atoms with Crippen LogP contribution in [0.15, 0.2) is 12.3 Å². The van der Waals surface area contributed by atoms with Crippen LogP contribution in [0.2, 0.25) is 0 Å². The van der Waals surface area contributed by atoms with Crippen LogP contribution in [0, 0.1) is 6.92 Å². The summed E-state index contributed by atoms with van der Waals surface area (Å²) in [6.07, 6.45) is 1.72. The molecule has 2 rings (SSSR count). The van der Waals surface area contributed by atoms with Crippen LogP contribution >= 0.6 is 0 Å². The van der Waals surface area contributed by atoms with Crippen LogP contribution in [0.4, 0.5) is 5.82 Å². The van der Waals surface area contributed by atoms with Crippen molar-refractivity contribution < 1.29 is 0 Å². The molecule has 0 aromatic carbocycles. The molecule has 0 saturated heterocycles. The van der Waals surface area contributed by atoms with Gasteiger partial charge in [-0.05, 0) is 6.92 Å². The number of aromatic nitrogens is 5. The smallest absolute Gasteiger partial charge is 0.145 e. The highest BCUT2D eigenvalue weighted by atomic mass is 15.5. The minimum atomic E-state index is 0.534. The molecular formula is C8H12N6. The molecule has 2 heterocycles. The van der Waals surface area contributed by atoms with Gasteiger partial charge in [-0.15, -0.1) is 0 Å². The van der Waals surface area contributed by atoms with Gasteiger partial charge < -0.3 is 5.73 Å². The molecule has 0 unspecified atom stereocenters. The maximum Gasteiger partial charge on any atom is 0.145 e. The fourth-order valence-corrected chi connectivity index (χ4v) is 1.31. The molecule has 0 atom stereocenters. The second-order valence-electron chi connectivity index (χ2n) is 3.19. The van der Waals surface area contributed by atoms with Crippen LogP contribution in [0.1, 0.15) is 11.4 Å². The van der Waals surface area contributed by atoms with E-state index in [9.17, 15) is 0 Å². The Morgan fingerprint density at radius 1 is 1.43 bits per heavy atom. The normalized spacial score (nSPS) is 10.7. The Hall–Kier alpha value is -1.85. The molecule has 0 aliphatic heterocycles. The van der Waals surface area contributed by atoms with E-state index in [2.05, 4.69) is 15.3 Å². The monoisotopic (exact) mass is 192 g/mol. The highest BCUT2D eigenvalue weighted by molar-refractivity contribution is 5.29. The minimum Gasteiger partial charge on any atom is -0.382 e. The van der Waals surface area contributed by atoms with Gasteiger partial charge in [0.15, 0.2) is 0 Å². The molecule has 2 aromatic heterocycles. The van der Waals surface area contributed by atoms with Crippen LogP contribution in [-0.2, 0) is 13.6 Å². The van der Waals surface area contributed by atoms with E-state index in [0.717, 1.165) is 11.4 Å². The summed E-state index contributed by atoms with van der Waals surface area (Å²) < 4.78 is 1.80. The second-order valence-corrected chi connectivity index (χ2v) is 3.19. The number of rotatable bonds is 2. The first-order valence-corrected chi connectivity index (χ1v) is 4.30. The van der Waals surface area contributed by atoms with Crippen molar-refractivity contribution in [3.63, 3.8) is 0 Å². The van der Waals surface area contributed by atoms with Crippen molar-refractivity contribution in [2.45, 2.75) is 13.5 Å². The molecule has 0 aliphatic carbocycles. The van der Waals surface area contributed by atoms with Gasteiger partial charge >= 0.3 is 0 Å². The number of nitrogens with two attached hydrogens (primary N) is 1. The number of hydrogen-bond acceptors (Lipinski definition) is 4. The van der Waals surface area contributed by atoms with Crippen LogP contribution in [-0.4, -0.2) is 24.8 Å². The number of hydrogen-bond donors (Lipinski definition) is 1. The van der Waals surface area contributed by atoms with Crippen molar-refractivity contribution in [1.82, 2.24) is 24.8 Å². The summed E-state index contributed by atoms with van der Waals surface area (Å²) in [7, 11) is 1.79. The Balaban J connectivity index is 2.22. The molecule has 0 radical (unpaired) electrons. The average molecular weight is 192 g/mol. The van der Waals surface area contributed by atoms with E-state index in [0.29, 0.717) is 12.4 Å². The highest BCUT2D eigenvalue weighted by Crippen LogP contribution is 2.06. The molecule has 0 fully saturated rings. The van der Waals surface area contributed by atoms with Crippen LogP contribution in [0.25, 0.3) is 0 Å². The lowest BCUT2D eigenvalue weighted by molar-refractivity contribution is 0.614. The van der Waals surface area contributed by atoms with E-state index in [4.69, 9.17) is 5.73 Å². The average Bonchev–Trinajstić information content (AvgIpc) is 2.61. The zero-order chi connectivity index (χ0) is 10.1. The van der Waals surface area contributed by atoms with Gasteiger partial charge in [0.25, 0.3) is 0 Å². The van der Waals surface area contributed by atoms with E-state index in [1.54, 1.807) is 17.9 Å². The minimum absolute atomic E-state index is 0.534. The second kappa shape index (κ2) is 3.13. The predicted molar refractivity (Wildman–Crippen MR) is 51.5 cm³/mol. The zero-order valence-electron chi connectivity index (χ0n) is 8.18. The molecule has 74 valence electrons. The van der Waals surface area contributed by atoms with Crippen molar-refractivity contribution in [3.05, 3.63) is 23.7 Å². The molecule has 0 saturated carbocycles. The summed E-state index contributed by atoms with van der Waals surface area (Å²) >= 11 is 0. The van der Waals surface area contributed by atoms with E-state index >= 15 is 0 Å². The standard InChI is InChI=1S/C8H12N6/c1-6-3-8(9)12-14(6)5-7-4-10-13(2)11-7/h3-4H,5H2,1-2H3,(H2,9,12). The Labute approximate surface area is 81.3 Å². The number of nitrogens with zero attached hydrogens (tertiary/aromatic N) is 5. The maximum atomic E-state index is 5.57. The lowest BCUT2D eigenvalue weighted by Crippen LogP contribution is -2.05. The van der Waals surface area contributed by atoms with Crippen molar-refractivity contribution in [1.29, 1.82) is 0 Å². The topological polar surface area (TPSA) is 74.5 Å². The van der Waals surface area contributed by atoms with Gasteiger partial charge in [-0.2, -0.15) is 20.1 Å². The molecule has 14 heavy (non-hydrogen) atoms. The number of aryl methyl sites for hydroxylation is 2. The first-order chi connectivity index (χ1) is 6.65. The van der Waals surface area contributed by atoms with Gasteiger partial charge in [0.2, 0.25) is 0 Å². The van der Waals surface area contributed by atoms with Gasteiger partial charge in [0, 0.05) is 18.8 Å². The summed E-state index contributed by atoms with van der Waals surface area (Å²) in [5.41, 5.74) is 7.46. The molecular weight excluding hydrogens is 180 g/mol. The maximum absolute atomic E-state index is 5.57. The van der Waals surface area contributed by atoms with Gasteiger partial charge in [0.1, 0.15) is 11.5 Å². The SMILES string of the molecule is Cc1cc(N)nn1Cc1cnn(C)n1. The van der Waals surface area contributed by atoms with Crippen molar-refractivity contribution >= 4 is 5.82 Å². The first-order valence-electron chi connectivity index (χ1n) is 4.30. The first kappa shape index (κ1) is 8.74. The van der Waals surface area contributed by atoms with Gasteiger partial charge in [0.05, 0.1) is 12.7 Å². The molecule has 0 bridgehead atoms. The Bertz CT molecular complexity index is 440. The Kier molecular flexibility index (Phi) is 1.95. The summed E-state index contributed by atoms with van der Waals surface area (Å²) in [6.45, 7) is 2.57. The summed E-state index contributed by atoms with van der Waals surface area (Å²) in [5, 5.41) is 12.3. The lowest BCUT2D eigenvalue weighted by atomic mass is 10.4. The van der Waals surface area contributed by atoms with Gasteiger partial charge in [-0.3, -0.25) is 4.68 Å². The highest BCUT2D eigenvalue weighted by Gasteiger charge is 2.04. The van der Waals surface area contributed by atoms with Gasteiger partial charge in [-0.25, -0.2) is 0 Å². The third kappa shape index (κ3) is 1.59. The molecule has 2 aromatic rings. The van der Waals surface area contributed by atoms with E-state index in [1.807, 2.05) is 13.0 Å². The zero-order valence-corrected chi connectivity index (χ0v) is 8.18. The van der Waals surface area contributed by atoms with E-state index < -0.39 is 0 Å². The van der Waals surface area contributed by atoms with Crippen LogP contribution in [0.5, 0.6) is 0 Å². The Morgan fingerprint density at radius 3 is 2.71 bits per heavy atom. The van der Waals surface area contributed by atoms with Crippen LogP contribution < -0.4 is 5.73 Å². The van der Waals surface area contributed by atoms with Crippen molar-refractivity contribution in [2.75, 3.05) is 5.73 Å². The third-order valence-corrected chi connectivity index (χ3v) is 1.96. The number of nitrogen functional groups attached to an aromatic ring is 1. The summed E-state index contributed by atoms with van der Waals surface area (Å²) in [6, 6.07) is 1.83. The van der Waals surface area contributed by atoms with Crippen molar-refractivity contribution in [3.8, 4) is 0 Å². The predicted octanol–water partition coefficient (Wildman–Crippen LogP) is -0.0495. The fourth-order valence-electron chi connectivity index (χ4n) is 1.31. The van der Waals surface area contributed by atoms with Crippen molar-refractivity contribution in [2.24, 2.45) is 7.05 Å². The third-order valence-electron chi connectivity index (χ3n) is 1.96. The summed E-state index contributed by atoms with van der Waals surface area (Å²) in [5.74, 6) is 0.534. The van der Waals surface area contributed by atoms with Crippen LogP contribution in [0.3, 0.4) is 0 Å². The fraction of sp³-hybridized carbons (Fsp3) is 0.375.